The molecular formula is C45H50N4O9. The lowest BCUT2D eigenvalue weighted by atomic mass is 9.95. The predicted octanol–water partition coefficient (Wildman–Crippen LogP) is 3.50. The first-order chi connectivity index (χ1) is 27.4. The largest absolute Gasteiger partial charge is 0.467 e. The Labute approximate surface area is 337 Å². The van der Waals surface area contributed by atoms with Crippen LogP contribution < -0.4 is 22.1 Å². The molecule has 2 fully saturated rings. The number of carbonyl (C=O) groups excluding carboxylic acids is 4. The predicted molar refractivity (Wildman–Crippen MR) is 219 cm³/mol. The molecule has 4 aromatic carbocycles. The van der Waals surface area contributed by atoms with Gasteiger partial charge < -0.3 is 37.1 Å². The van der Waals surface area contributed by atoms with E-state index in [0.29, 0.717) is 23.0 Å². The van der Waals surface area contributed by atoms with E-state index in [4.69, 9.17) is 31.7 Å². The van der Waals surface area contributed by atoms with Crippen molar-refractivity contribution in [3.63, 3.8) is 0 Å². The van der Waals surface area contributed by atoms with E-state index in [2.05, 4.69) is 39.2 Å². The fourth-order valence-electron chi connectivity index (χ4n) is 6.23. The van der Waals surface area contributed by atoms with Crippen molar-refractivity contribution in [2.24, 2.45) is 35.1 Å². The van der Waals surface area contributed by atoms with Crippen molar-refractivity contribution in [3.05, 3.63) is 95.1 Å². The van der Waals surface area contributed by atoms with Gasteiger partial charge in [0, 0.05) is 58.4 Å². The summed E-state index contributed by atoms with van der Waals surface area (Å²) in [4.78, 5) is 52.7. The van der Waals surface area contributed by atoms with Gasteiger partial charge in [0.05, 0.1) is 7.11 Å². The van der Waals surface area contributed by atoms with E-state index >= 15 is 0 Å². The van der Waals surface area contributed by atoms with Crippen LogP contribution in [0.2, 0.25) is 0 Å². The summed E-state index contributed by atoms with van der Waals surface area (Å²) in [7, 11) is 1.26. The number of ether oxygens (including phenoxy) is 1. The molecule has 2 unspecified atom stereocenters. The van der Waals surface area contributed by atoms with E-state index in [1.165, 1.54) is 7.11 Å². The van der Waals surface area contributed by atoms with Crippen molar-refractivity contribution in [1.82, 2.24) is 10.6 Å². The van der Waals surface area contributed by atoms with Crippen LogP contribution in [0.15, 0.2) is 72.8 Å². The molecule has 0 heterocycles. The first-order valence-corrected chi connectivity index (χ1v) is 18.9. The number of esters is 1. The summed E-state index contributed by atoms with van der Waals surface area (Å²) < 4.78 is 4.76. The van der Waals surface area contributed by atoms with E-state index in [0.717, 1.165) is 45.5 Å². The lowest BCUT2D eigenvalue weighted by molar-refractivity contribution is -0.237. The number of aliphatic hydroxyl groups is 2. The number of benzene rings is 4. The highest BCUT2D eigenvalue weighted by Crippen LogP contribution is 2.37. The number of amides is 2. The molecule has 4 aromatic rings. The van der Waals surface area contributed by atoms with E-state index in [9.17, 15) is 19.2 Å². The van der Waals surface area contributed by atoms with E-state index in [-0.39, 0.29) is 25.0 Å². The maximum absolute atomic E-state index is 12.7. The second-order valence-corrected chi connectivity index (χ2v) is 16.1. The van der Waals surface area contributed by atoms with Crippen molar-refractivity contribution < 1.29 is 44.3 Å². The number of methoxy groups -OCH3 is 1. The molecule has 304 valence electrons. The second-order valence-electron chi connectivity index (χ2n) is 16.1. The Morgan fingerprint density at radius 3 is 1.40 bits per heavy atom. The topological polar surface area (TPSA) is 224 Å². The number of hydrogen-bond acceptors (Lipinski definition) is 11. The molecule has 58 heavy (non-hydrogen) atoms. The minimum absolute atomic E-state index is 0.181. The zero-order chi connectivity index (χ0) is 42.4. The van der Waals surface area contributed by atoms with Crippen LogP contribution in [0.1, 0.15) is 72.4 Å². The summed E-state index contributed by atoms with van der Waals surface area (Å²) in [5.74, 6) is 11.3. The molecule has 0 spiro atoms. The number of nitrogens with two attached hydrogens (primary N) is 2. The van der Waals surface area contributed by atoms with E-state index < -0.39 is 46.9 Å². The Bertz CT molecular complexity index is 2160. The van der Waals surface area contributed by atoms with Crippen LogP contribution in [-0.4, -0.2) is 82.7 Å². The number of fused-ring (bicyclic) bond motifs is 2. The van der Waals surface area contributed by atoms with E-state index in [1.807, 2.05) is 42.5 Å². The Morgan fingerprint density at radius 2 is 1.05 bits per heavy atom. The molecule has 9 N–H and O–H groups in total. The van der Waals surface area contributed by atoms with Crippen LogP contribution in [0.25, 0.3) is 21.5 Å². The lowest BCUT2D eigenvalue weighted by Crippen LogP contribution is -2.59. The van der Waals surface area contributed by atoms with Crippen LogP contribution >= 0.6 is 0 Å². The summed E-state index contributed by atoms with van der Waals surface area (Å²) in [6.07, 6.45) is 1.90. The van der Waals surface area contributed by atoms with Crippen LogP contribution in [-0.2, 0) is 19.2 Å². The third-order valence-corrected chi connectivity index (χ3v) is 10.1. The first kappa shape index (κ1) is 43.3. The maximum atomic E-state index is 12.7. The van der Waals surface area contributed by atoms with Crippen molar-refractivity contribution in [2.75, 3.05) is 20.3 Å². The normalized spacial score (nSPS) is 19.1. The Balaban J connectivity index is 0.000000221. The lowest BCUT2D eigenvalue weighted by Gasteiger charge is -2.28. The molecule has 0 radical (unpaired) electrons. The molecule has 0 aliphatic heterocycles. The number of nitrogens with one attached hydrogen (secondary N) is 2. The smallest absolute Gasteiger partial charge is 0.365 e. The molecule has 6 rings (SSSR count). The van der Waals surface area contributed by atoms with Gasteiger partial charge in [-0.3, -0.25) is 14.5 Å². The summed E-state index contributed by atoms with van der Waals surface area (Å²) in [6.45, 7) is 6.77. The molecule has 0 saturated heterocycles. The fourth-order valence-corrected chi connectivity index (χ4v) is 6.23. The second kappa shape index (κ2) is 18.2. The van der Waals surface area contributed by atoms with Crippen molar-refractivity contribution in [3.8, 4) is 23.7 Å². The van der Waals surface area contributed by atoms with Gasteiger partial charge in [0.1, 0.15) is 12.1 Å². The van der Waals surface area contributed by atoms with Gasteiger partial charge in [-0.2, -0.15) is 5.26 Å². The van der Waals surface area contributed by atoms with Crippen LogP contribution in [0.4, 0.5) is 0 Å². The van der Waals surface area contributed by atoms with E-state index in [1.54, 1.807) is 58.0 Å². The van der Waals surface area contributed by atoms with Gasteiger partial charge in [0.2, 0.25) is 0 Å². The van der Waals surface area contributed by atoms with Gasteiger partial charge in [0.15, 0.2) is 0 Å². The van der Waals surface area contributed by atoms with Crippen LogP contribution in [0.5, 0.6) is 0 Å². The Hall–Kier alpha value is -5.80. The van der Waals surface area contributed by atoms with Crippen LogP contribution in [0, 0.1) is 47.4 Å². The molecule has 2 aliphatic carbocycles. The summed E-state index contributed by atoms with van der Waals surface area (Å²) >= 11 is 0. The maximum Gasteiger partial charge on any atom is 0.365 e. The summed E-state index contributed by atoms with van der Waals surface area (Å²) in [5, 5.41) is 35.6. The SMILES string of the molecule is CC(C)(N)[C@H](NC(=O)c1ccc2cc(C#CC3C[C@@H]3CO)ccc2c1)C(=O)OO.COC(=O)[C@@H](NC(=O)c1ccc2cc(C#CC3C[C@@H]3CO)ccc2c1)C(C)(C)N. The quantitative estimate of drug-likeness (QED) is 0.0533. The third kappa shape index (κ3) is 11.2. The highest BCUT2D eigenvalue weighted by molar-refractivity contribution is 6.01. The Kier molecular flexibility index (Phi) is 13.6. The zero-order valence-corrected chi connectivity index (χ0v) is 33.2. The highest BCUT2D eigenvalue weighted by atomic mass is 17.1. The molecular weight excluding hydrogens is 741 g/mol. The zero-order valence-electron chi connectivity index (χ0n) is 33.2. The highest BCUT2D eigenvalue weighted by Gasteiger charge is 2.37. The minimum Gasteiger partial charge on any atom is -0.467 e. The van der Waals surface area contributed by atoms with Crippen LogP contribution in [0.3, 0.4) is 0 Å². The number of rotatable bonds is 10. The molecule has 0 aromatic heterocycles. The summed E-state index contributed by atoms with van der Waals surface area (Å²) in [5.41, 5.74) is 12.4. The summed E-state index contributed by atoms with van der Waals surface area (Å²) in [6, 6.07) is 19.8. The molecule has 6 atom stereocenters. The molecule has 0 bridgehead atoms. The molecule has 2 aliphatic rings. The van der Waals surface area contributed by atoms with Gasteiger partial charge >= 0.3 is 11.9 Å². The number of hydrogen-bond donors (Lipinski definition) is 7. The van der Waals surface area contributed by atoms with Gasteiger partial charge in [0.25, 0.3) is 11.8 Å². The molecule has 13 nitrogen and oxygen atoms in total. The van der Waals surface area contributed by atoms with Crippen molar-refractivity contribution >= 4 is 45.3 Å². The fraction of sp³-hybridized carbons (Fsp3) is 0.378. The average Bonchev–Trinajstić information content (AvgIpc) is 4.14. The average molecular weight is 791 g/mol. The van der Waals surface area contributed by atoms with Crippen molar-refractivity contribution in [2.45, 2.75) is 63.7 Å². The van der Waals surface area contributed by atoms with Gasteiger partial charge in [-0.05, 0) is 122 Å². The minimum atomic E-state index is -1.21. The van der Waals surface area contributed by atoms with Gasteiger partial charge in [-0.25, -0.2) is 9.59 Å². The van der Waals surface area contributed by atoms with Crippen molar-refractivity contribution in [1.29, 1.82) is 0 Å². The number of aliphatic hydroxyl groups excluding tert-OH is 2. The standard InChI is InChI=1S/C23H26N2O4.C22H24N2O5/c1-23(2,24)20(22(28)29-3)25-21(27)18-9-8-15-10-14(4-6-16(15)11-18)5-7-17-12-19(17)13-26;1-22(2,23)19(21(27)29-28)24-20(26)17-8-7-14-9-13(3-5-15(14)10-17)4-6-16-11-18(16)12-25/h4,6,8-11,17,19-20,26H,12-13,24H2,1-3H3,(H,25,27);3,5,7-10,16,18-19,25,28H,11-12,23H2,1-2H3,(H,24,26)/t17?,19-,20-;16?,18-,19-/m11/s1. The Morgan fingerprint density at radius 1 is 0.672 bits per heavy atom. The molecule has 2 amide bonds. The molecule has 2 saturated carbocycles. The third-order valence-electron chi connectivity index (χ3n) is 10.1. The monoisotopic (exact) mass is 790 g/mol. The molecule has 13 heteroatoms. The first-order valence-electron chi connectivity index (χ1n) is 18.9. The van der Waals surface area contributed by atoms with Gasteiger partial charge in [-0.15, -0.1) is 0 Å². The number of carbonyl (C=O) groups is 4. The van der Waals surface area contributed by atoms with Gasteiger partial charge in [-0.1, -0.05) is 47.9 Å².